The van der Waals surface area contributed by atoms with Crippen molar-refractivity contribution in [3.8, 4) is 0 Å². The van der Waals surface area contributed by atoms with Gasteiger partial charge in [-0.2, -0.15) is 0 Å². The van der Waals surface area contributed by atoms with Gasteiger partial charge in [-0.1, -0.05) is 0 Å². The van der Waals surface area contributed by atoms with Crippen LogP contribution in [0.4, 0.5) is 0 Å². The number of nitrogens with zero attached hydrogens (tertiary/aromatic N) is 4. The SMILES string of the molecule is Cc1nnn(C2(O)CCCC2O)n1. The number of hydrogen-bond acceptors (Lipinski definition) is 5. The molecule has 6 heteroatoms. The normalized spacial score (nSPS) is 33.9. The van der Waals surface area contributed by atoms with E-state index in [0.717, 1.165) is 11.2 Å². The minimum absolute atomic E-state index is 0.476. The summed E-state index contributed by atoms with van der Waals surface area (Å²) >= 11 is 0. The zero-order chi connectivity index (χ0) is 9.47. The summed E-state index contributed by atoms with van der Waals surface area (Å²) in [6.45, 7) is 1.69. The topological polar surface area (TPSA) is 84.1 Å². The largest absolute Gasteiger partial charge is 0.388 e. The number of hydrogen-bond donors (Lipinski definition) is 2. The summed E-state index contributed by atoms with van der Waals surface area (Å²) in [5.74, 6) is 0.493. The molecule has 0 saturated heterocycles. The first-order valence-corrected chi connectivity index (χ1v) is 4.30. The molecule has 0 spiro atoms. The summed E-state index contributed by atoms with van der Waals surface area (Å²) in [6, 6.07) is 0. The van der Waals surface area contributed by atoms with Gasteiger partial charge in [0.2, 0.25) is 5.72 Å². The van der Waals surface area contributed by atoms with E-state index in [0.29, 0.717) is 18.7 Å². The van der Waals surface area contributed by atoms with Gasteiger partial charge in [0.05, 0.1) is 0 Å². The van der Waals surface area contributed by atoms with E-state index in [1.807, 2.05) is 0 Å². The second kappa shape index (κ2) is 2.74. The summed E-state index contributed by atoms with van der Waals surface area (Å²) in [7, 11) is 0. The molecule has 2 atom stereocenters. The highest BCUT2D eigenvalue weighted by Crippen LogP contribution is 2.32. The van der Waals surface area contributed by atoms with Gasteiger partial charge in [0.15, 0.2) is 5.82 Å². The van der Waals surface area contributed by atoms with Gasteiger partial charge in [-0.15, -0.1) is 15.0 Å². The number of aliphatic hydroxyl groups is 2. The average Bonchev–Trinajstić information content (AvgIpc) is 2.62. The zero-order valence-corrected chi connectivity index (χ0v) is 7.38. The fourth-order valence-electron chi connectivity index (χ4n) is 1.63. The van der Waals surface area contributed by atoms with Crippen molar-refractivity contribution in [1.29, 1.82) is 0 Å². The molecule has 0 radical (unpaired) electrons. The van der Waals surface area contributed by atoms with Gasteiger partial charge in [0.25, 0.3) is 0 Å². The van der Waals surface area contributed by atoms with Crippen LogP contribution in [0.25, 0.3) is 0 Å². The highest BCUT2D eigenvalue weighted by atomic mass is 16.4. The maximum Gasteiger partial charge on any atom is 0.204 e. The number of tetrazole rings is 1. The smallest absolute Gasteiger partial charge is 0.204 e. The van der Waals surface area contributed by atoms with Gasteiger partial charge in [-0.25, -0.2) is 0 Å². The molecule has 1 aromatic rings. The number of aliphatic hydroxyl groups excluding tert-OH is 1. The van der Waals surface area contributed by atoms with E-state index in [-0.39, 0.29) is 0 Å². The van der Waals surface area contributed by atoms with Gasteiger partial charge < -0.3 is 10.2 Å². The molecular weight excluding hydrogens is 172 g/mol. The van der Waals surface area contributed by atoms with E-state index in [4.69, 9.17) is 0 Å². The molecule has 0 aliphatic heterocycles. The molecule has 2 N–H and O–H groups in total. The molecule has 1 heterocycles. The third kappa shape index (κ3) is 1.22. The van der Waals surface area contributed by atoms with Gasteiger partial charge in [0.1, 0.15) is 6.10 Å². The molecule has 1 aromatic heterocycles. The third-order valence-electron chi connectivity index (χ3n) is 2.42. The molecular formula is C7H12N4O2. The minimum atomic E-state index is -1.35. The molecule has 1 saturated carbocycles. The Morgan fingerprint density at radius 1 is 1.62 bits per heavy atom. The van der Waals surface area contributed by atoms with Crippen molar-refractivity contribution in [2.45, 2.75) is 38.0 Å². The van der Waals surface area contributed by atoms with Crippen LogP contribution in [0.2, 0.25) is 0 Å². The van der Waals surface area contributed by atoms with Crippen molar-refractivity contribution in [3.05, 3.63) is 5.82 Å². The lowest BCUT2D eigenvalue weighted by molar-refractivity contribution is -0.132. The fraction of sp³-hybridized carbons (Fsp3) is 0.857. The lowest BCUT2D eigenvalue weighted by Crippen LogP contribution is -2.42. The molecule has 1 aliphatic carbocycles. The van der Waals surface area contributed by atoms with Crippen LogP contribution in [0.5, 0.6) is 0 Å². The quantitative estimate of drug-likeness (QED) is 0.595. The Morgan fingerprint density at radius 3 is 2.85 bits per heavy atom. The molecule has 1 fully saturated rings. The van der Waals surface area contributed by atoms with Crippen molar-refractivity contribution in [1.82, 2.24) is 20.2 Å². The standard InChI is InChI=1S/C7H12N4O2/c1-5-8-10-11(9-5)7(13)4-2-3-6(7)12/h6,12-13H,2-4H2,1H3. The lowest BCUT2D eigenvalue weighted by atomic mass is 10.1. The van der Waals surface area contributed by atoms with E-state index in [2.05, 4.69) is 15.4 Å². The van der Waals surface area contributed by atoms with Gasteiger partial charge >= 0.3 is 0 Å². The Kier molecular flexibility index (Phi) is 1.81. The minimum Gasteiger partial charge on any atom is -0.388 e. The Bertz CT molecular complexity index is 313. The van der Waals surface area contributed by atoms with Crippen molar-refractivity contribution in [2.24, 2.45) is 0 Å². The maximum atomic E-state index is 9.99. The molecule has 72 valence electrons. The van der Waals surface area contributed by atoms with Crippen LogP contribution in [-0.2, 0) is 5.72 Å². The lowest BCUT2D eigenvalue weighted by Gasteiger charge is -2.24. The summed E-state index contributed by atoms with van der Waals surface area (Å²) in [6.07, 6.45) is 1.04. The van der Waals surface area contributed by atoms with Crippen molar-refractivity contribution in [3.63, 3.8) is 0 Å². The van der Waals surface area contributed by atoms with Crippen LogP contribution in [0.3, 0.4) is 0 Å². The molecule has 0 amide bonds. The van der Waals surface area contributed by atoms with Gasteiger partial charge in [-0.05, 0) is 25.0 Å². The highest BCUT2D eigenvalue weighted by Gasteiger charge is 2.44. The van der Waals surface area contributed by atoms with E-state index in [9.17, 15) is 10.2 Å². The Balaban J connectivity index is 2.33. The van der Waals surface area contributed by atoms with E-state index in [1.54, 1.807) is 6.92 Å². The molecule has 0 aromatic carbocycles. The first-order chi connectivity index (χ1) is 6.13. The summed E-state index contributed by atoms with van der Waals surface area (Å²) in [5.41, 5.74) is -1.35. The van der Waals surface area contributed by atoms with Crippen LogP contribution in [0.1, 0.15) is 25.1 Å². The van der Waals surface area contributed by atoms with Crippen LogP contribution in [-0.4, -0.2) is 36.5 Å². The highest BCUT2D eigenvalue weighted by molar-refractivity contribution is 4.86. The van der Waals surface area contributed by atoms with E-state index < -0.39 is 11.8 Å². The number of aryl methyl sites for hydroxylation is 1. The third-order valence-corrected chi connectivity index (χ3v) is 2.42. The molecule has 0 bridgehead atoms. The predicted octanol–water partition coefficient (Wildman–Crippen LogP) is -0.829. The zero-order valence-electron chi connectivity index (χ0n) is 7.38. The van der Waals surface area contributed by atoms with Crippen molar-refractivity contribution < 1.29 is 10.2 Å². The summed E-state index contributed by atoms with van der Waals surface area (Å²) < 4.78 is 0. The molecule has 6 nitrogen and oxygen atoms in total. The second-order valence-corrected chi connectivity index (χ2v) is 3.41. The van der Waals surface area contributed by atoms with Crippen LogP contribution >= 0.6 is 0 Å². The van der Waals surface area contributed by atoms with Crippen LogP contribution in [0.15, 0.2) is 0 Å². The van der Waals surface area contributed by atoms with E-state index in [1.165, 1.54) is 0 Å². The van der Waals surface area contributed by atoms with E-state index >= 15 is 0 Å². The fourth-order valence-corrected chi connectivity index (χ4v) is 1.63. The molecule has 13 heavy (non-hydrogen) atoms. The molecule has 2 unspecified atom stereocenters. The Morgan fingerprint density at radius 2 is 2.38 bits per heavy atom. The summed E-state index contributed by atoms with van der Waals surface area (Å²) in [4.78, 5) is 1.11. The Hall–Kier alpha value is -1.01. The first-order valence-electron chi connectivity index (χ1n) is 4.30. The molecule has 2 rings (SSSR count). The number of aromatic nitrogens is 4. The maximum absolute atomic E-state index is 9.99. The van der Waals surface area contributed by atoms with Crippen molar-refractivity contribution >= 4 is 0 Å². The predicted molar refractivity (Wildman–Crippen MR) is 42.6 cm³/mol. The summed E-state index contributed by atoms with van der Waals surface area (Å²) in [5, 5.41) is 30.8. The first kappa shape index (κ1) is 8.58. The van der Waals surface area contributed by atoms with Gasteiger partial charge in [0, 0.05) is 6.42 Å². The van der Waals surface area contributed by atoms with Gasteiger partial charge in [-0.3, -0.25) is 0 Å². The number of rotatable bonds is 1. The van der Waals surface area contributed by atoms with Crippen molar-refractivity contribution in [2.75, 3.05) is 0 Å². The Labute approximate surface area is 75.2 Å². The monoisotopic (exact) mass is 184 g/mol. The second-order valence-electron chi connectivity index (χ2n) is 3.41. The molecule has 1 aliphatic rings. The van der Waals surface area contributed by atoms with Crippen LogP contribution in [0, 0.1) is 6.92 Å². The van der Waals surface area contributed by atoms with Crippen LogP contribution < -0.4 is 0 Å². The average molecular weight is 184 g/mol.